The summed E-state index contributed by atoms with van der Waals surface area (Å²) in [4.78, 5) is 32.4. The maximum atomic E-state index is 12.9. The van der Waals surface area contributed by atoms with Crippen LogP contribution in [-0.2, 0) is 0 Å². The summed E-state index contributed by atoms with van der Waals surface area (Å²) in [7, 11) is 0. The van der Waals surface area contributed by atoms with E-state index in [0.717, 1.165) is 5.39 Å². The lowest BCUT2D eigenvalue weighted by Gasteiger charge is -2.10. The van der Waals surface area contributed by atoms with Crippen molar-refractivity contribution in [2.45, 2.75) is 6.92 Å². The number of aryl methyl sites for hydroxylation is 1. The first-order valence-corrected chi connectivity index (χ1v) is 8.24. The molecular weight excluding hydrogens is 344 g/mol. The Balaban J connectivity index is 1.83. The van der Waals surface area contributed by atoms with Crippen LogP contribution in [0.15, 0.2) is 60.8 Å². The predicted octanol–water partition coefficient (Wildman–Crippen LogP) is 4.25. The molecule has 2 aromatic carbocycles. The largest absolute Gasteiger partial charge is 0.319 e. The summed E-state index contributed by atoms with van der Waals surface area (Å²) >= 11 is 0. The maximum Gasteiger partial charge on any atom is 0.277 e. The second-order valence-electron chi connectivity index (χ2n) is 6.08. The van der Waals surface area contributed by atoms with Crippen LogP contribution in [0.3, 0.4) is 0 Å². The normalized spacial score (nSPS) is 10.9. The zero-order valence-corrected chi connectivity index (χ0v) is 14.3. The minimum atomic E-state index is -0.460. The van der Waals surface area contributed by atoms with Gasteiger partial charge in [0.2, 0.25) is 0 Å². The summed E-state index contributed by atoms with van der Waals surface area (Å²) in [5.41, 5.74) is 1.83. The van der Waals surface area contributed by atoms with Gasteiger partial charge < -0.3 is 5.32 Å². The molecule has 0 atom stereocenters. The highest BCUT2D eigenvalue weighted by atomic mass is 16.6. The second kappa shape index (κ2) is 6.45. The van der Waals surface area contributed by atoms with Crippen molar-refractivity contribution in [1.29, 1.82) is 0 Å². The quantitative estimate of drug-likeness (QED) is 0.436. The number of nitrogens with one attached hydrogen (secondary N) is 1. The van der Waals surface area contributed by atoms with Gasteiger partial charge in [0.25, 0.3) is 11.6 Å². The molecule has 0 saturated heterocycles. The van der Waals surface area contributed by atoms with Crippen molar-refractivity contribution in [3.05, 3.63) is 82.3 Å². The number of hydrogen-bond donors (Lipinski definition) is 1. The molecule has 7 heteroatoms. The number of pyridine rings is 2. The Morgan fingerprint density at radius 3 is 2.67 bits per heavy atom. The van der Waals surface area contributed by atoms with Crippen LogP contribution in [0, 0.1) is 17.0 Å². The Hall–Kier alpha value is -3.87. The molecule has 27 heavy (non-hydrogen) atoms. The third-order valence-corrected chi connectivity index (χ3v) is 4.27. The molecule has 0 bridgehead atoms. The van der Waals surface area contributed by atoms with Crippen molar-refractivity contribution in [2.75, 3.05) is 5.32 Å². The third kappa shape index (κ3) is 2.95. The number of nitro benzene ring substituents is 1. The molecule has 0 saturated carbocycles. The Morgan fingerprint density at radius 2 is 1.85 bits per heavy atom. The predicted molar refractivity (Wildman–Crippen MR) is 103 cm³/mol. The summed E-state index contributed by atoms with van der Waals surface area (Å²) in [6.45, 7) is 1.70. The smallest absolute Gasteiger partial charge is 0.277 e. The number of rotatable bonds is 3. The number of anilines is 1. The molecular formula is C20H14N4O3. The lowest BCUT2D eigenvalue weighted by Crippen LogP contribution is -2.15. The van der Waals surface area contributed by atoms with Gasteiger partial charge in [0.1, 0.15) is 5.69 Å². The number of benzene rings is 2. The molecule has 1 N–H and O–H groups in total. The van der Waals surface area contributed by atoms with E-state index in [1.165, 1.54) is 6.07 Å². The van der Waals surface area contributed by atoms with E-state index in [4.69, 9.17) is 0 Å². The summed E-state index contributed by atoms with van der Waals surface area (Å²) in [6, 6.07) is 15.5. The molecule has 0 spiro atoms. The van der Waals surface area contributed by atoms with Gasteiger partial charge in [-0.15, -0.1) is 0 Å². The molecule has 4 rings (SSSR count). The fourth-order valence-corrected chi connectivity index (χ4v) is 3.11. The molecule has 0 aliphatic carbocycles. The zero-order valence-electron chi connectivity index (χ0n) is 14.3. The Labute approximate surface area is 153 Å². The number of amides is 1. The average Bonchev–Trinajstić information content (AvgIpc) is 2.67. The van der Waals surface area contributed by atoms with Gasteiger partial charge >= 0.3 is 0 Å². The first-order valence-electron chi connectivity index (χ1n) is 8.24. The van der Waals surface area contributed by atoms with Gasteiger partial charge in [-0.2, -0.15) is 0 Å². The van der Waals surface area contributed by atoms with Crippen LogP contribution in [0.5, 0.6) is 0 Å². The van der Waals surface area contributed by atoms with Gasteiger partial charge in [0.15, 0.2) is 0 Å². The molecule has 132 valence electrons. The Morgan fingerprint density at radius 1 is 1.07 bits per heavy atom. The number of para-hydroxylation sites is 1. The highest BCUT2D eigenvalue weighted by Gasteiger charge is 2.19. The number of nitro groups is 1. The monoisotopic (exact) mass is 358 g/mol. The first kappa shape index (κ1) is 16.6. The van der Waals surface area contributed by atoms with E-state index >= 15 is 0 Å². The van der Waals surface area contributed by atoms with E-state index in [9.17, 15) is 14.9 Å². The lowest BCUT2D eigenvalue weighted by atomic mass is 10.1. The Bertz CT molecular complexity index is 1220. The molecule has 0 aliphatic heterocycles. The van der Waals surface area contributed by atoms with E-state index < -0.39 is 10.8 Å². The van der Waals surface area contributed by atoms with Gasteiger partial charge in [-0.25, -0.2) is 4.98 Å². The molecule has 1 amide bonds. The standard InChI is InChI=1S/C20H14N4O3/c1-12-11-15-14(7-3-9-17(15)24(26)27)19(22-12)20(25)23-16-8-2-5-13-6-4-10-21-18(13)16/h2-11H,1H3,(H,23,25). The van der Waals surface area contributed by atoms with Crippen LogP contribution in [0.1, 0.15) is 16.2 Å². The molecule has 0 unspecified atom stereocenters. The van der Waals surface area contributed by atoms with Crippen molar-refractivity contribution < 1.29 is 9.72 Å². The van der Waals surface area contributed by atoms with Crippen molar-refractivity contribution in [2.24, 2.45) is 0 Å². The molecule has 0 aliphatic rings. The number of nitrogens with zero attached hydrogens (tertiary/aromatic N) is 3. The highest BCUT2D eigenvalue weighted by molar-refractivity contribution is 6.14. The fourth-order valence-electron chi connectivity index (χ4n) is 3.11. The SMILES string of the molecule is Cc1cc2c([N+](=O)[O-])cccc2c(C(=O)Nc2cccc3cccnc23)n1. The first-order chi connectivity index (χ1) is 13.0. The van der Waals surface area contributed by atoms with Crippen molar-refractivity contribution in [3.63, 3.8) is 0 Å². The number of non-ortho nitro benzene ring substituents is 1. The van der Waals surface area contributed by atoms with E-state index in [2.05, 4.69) is 15.3 Å². The van der Waals surface area contributed by atoms with Crippen LogP contribution < -0.4 is 5.32 Å². The number of carbonyl (C=O) groups excluding carboxylic acids is 1. The molecule has 7 nitrogen and oxygen atoms in total. The third-order valence-electron chi connectivity index (χ3n) is 4.27. The van der Waals surface area contributed by atoms with Crippen molar-refractivity contribution >= 4 is 39.0 Å². The van der Waals surface area contributed by atoms with E-state index in [1.807, 2.05) is 24.3 Å². The van der Waals surface area contributed by atoms with Crippen molar-refractivity contribution in [1.82, 2.24) is 9.97 Å². The summed E-state index contributed by atoms with van der Waals surface area (Å²) in [6.07, 6.45) is 1.65. The van der Waals surface area contributed by atoms with E-state index in [-0.39, 0.29) is 11.4 Å². The van der Waals surface area contributed by atoms with Crippen molar-refractivity contribution in [3.8, 4) is 0 Å². The number of aromatic nitrogens is 2. The van der Waals surface area contributed by atoms with Crippen LogP contribution in [0.4, 0.5) is 11.4 Å². The van der Waals surface area contributed by atoms with Crippen LogP contribution in [0.2, 0.25) is 0 Å². The lowest BCUT2D eigenvalue weighted by molar-refractivity contribution is -0.383. The minimum Gasteiger partial charge on any atom is -0.319 e. The molecule has 4 aromatic rings. The van der Waals surface area contributed by atoms with Gasteiger partial charge in [-0.3, -0.25) is 19.9 Å². The van der Waals surface area contributed by atoms with Gasteiger partial charge in [-0.05, 0) is 25.1 Å². The van der Waals surface area contributed by atoms with Gasteiger partial charge in [0, 0.05) is 28.7 Å². The summed E-state index contributed by atoms with van der Waals surface area (Å²) in [5, 5.41) is 15.9. The van der Waals surface area contributed by atoms with E-state index in [1.54, 1.807) is 37.4 Å². The summed E-state index contributed by atoms with van der Waals surface area (Å²) in [5.74, 6) is -0.442. The number of hydrogen-bond acceptors (Lipinski definition) is 5. The minimum absolute atomic E-state index is 0.0566. The van der Waals surface area contributed by atoms with Gasteiger partial charge in [-0.1, -0.05) is 30.3 Å². The number of carbonyl (C=O) groups is 1. The highest BCUT2D eigenvalue weighted by Crippen LogP contribution is 2.29. The average molecular weight is 358 g/mol. The fraction of sp³-hybridized carbons (Fsp3) is 0.0500. The Kier molecular flexibility index (Phi) is 3.97. The molecule has 0 fully saturated rings. The second-order valence-corrected chi connectivity index (χ2v) is 6.08. The van der Waals surface area contributed by atoms with Crippen LogP contribution >= 0.6 is 0 Å². The number of fused-ring (bicyclic) bond motifs is 2. The molecule has 2 aromatic heterocycles. The van der Waals surface area contributed by atoms with E-state index in [0.29, 0.717) is 27.7 Å². The topological polar surface area (TPSA) is 98.0 Å². The maximum absolute atomic E-state index is 12.9. The summed E-state index contributed by atoms with van der Waals surface area (Å²) < 4.78 is 0. The van der Waals surface area contributed by atoms with Crippen LogP contribution in [-0.4, -0.2) is 20.8 Å². The zero-order chi connectivity index (χ0) is 19.0. The van der Waals surface area contributed by atoms with Crippen LogP contribution in [0.25, 0.3) is 21.7 Å². The molecule has 2 heterocycles. The molecule has 0 radical (unpaired) electrons. The van der Waals surface area contributed by atoms with Gasteiger partial charge in [0.05, 0.1) is 21.5 Å².